The maximum absolute atomic E-state index is 12.3. The van der Waals surface area contributed by atoms with E-state index in [1.54, 1.807) is 0 Å². The van der Waals surface area contributed by atoms with Crippen molar-refractivity contribution in [2.24, 2.45) is 0 Å². The van der Waals surface area contributed by atoms with Gasteiger partial charge in [-0.1, -0.05) is 42.5 Å². The Hall–Kier alpha value is -1.63. The van der Waals surface area contributed by atoms with Gasteiger partial charge in [0.2, 0.25) is 5.95 Å². The second-order valence-corrected chi connectivity index (χ2v) is 5.06. The lowest BCUT2D eigenvalue weighted by atomic mass is 10.1. The summed E-state index contributed by atoms with van der Waals surface area (Å²) in [5.74, 6) is 0.238. The van der Waals surface area contributed by atoms with Crippen molar-refractivity contribution < 1.29 is 0 Å². The zero-order valence-corrected chi connectivity index (χ0v) is 12.7. The molecule has 0 atom stereocenters. The average molecular weight is 367 g/mol. The van der Waals surface area contributed by atoms with Crippen LogP contribution in [-0.4, -0.2) is 9.55 Å². The van der Waals surface area contributed by atoms with Gasteiger partial charge in [-0.25, -0.2) is 4.98 Å². The zero-order valence-electron chi connectivity index (χ0n) is 10.5. The number of nitrogen functional groups attached to an aromatic ring is 1. The van der Waals surface area contributed by atoms with Crippen molar-refractivity contribution in [3.8, 4) is 11.3 Å². The molecule has 2 aromatic rings. The van der Waals surface area contributed by atoms with Crippen LogP contribution >= 0.6 is 22.6 Å². The fourth-order valence-electron chi connectivity index (χ4n) is 1.72. The largest absolute Gasteiger partial charge is 0.369 e. The van der Waals surface area contributed by atoms with Gasteiger partial charge in [0.25, 0.3) is 5.56 Å². The van der Waals surface area contributed by atoms with E-state index in [4.69, 9.17) is 5.73 Å². The monoisotopic (exact) mass is 367 g/mol. The standard InChI is InChI=1S/C14H14IN3O/c1-2-3-9-18-13(19)11(15)12(17-14(18)16)10-7-5-4-6-8-10/h2-8H,9H2,1H3,(H2,16,17)/b3-2+. The molecule has 0 saturated carbocycles. The normalized spacial score (nSPS) is 11.1. The fraction of sp³-hybridized carbons (Fsp3) is 0.143. The van der Waals surface area contributed by atoms with Crippen LogP contribution < -0.4 is 11.3 Å². The van der Waals surface area contributed by atoms with Crippen molar-refractivity contribution in [2.75, 3.05) is 5.73 Å². The highest BCUT2D eigenvalue weighted by Gasteiger charge is 2.13. The first kappa shape index (κ1) is 13.8. The van der Waals surface area contributed by atoms with Crippen LogP contribution in [0, 0.1) is 3.57 Å². The molecule has 2 rings (SSSR count). The number of hydrogen-bond acceptors (Lipinski definition) is 3. The van der Waals surface area contributed by atoms with Gasteiger partial charge in [0, 0.05) is 12.1 Å². The number of nitrogens with two attached hydrogens (primary N) is 1. The maximum Gasteiger partial charge on any atom is 0.269 e. The van der Waals surface area contributed by atoms with Crippen LogP contribution in [0.4, 0.5) is 5.95 Å². The minimum atomic E-state index is -0.106. The number of nitrogens with zero attached hydrogens (tertiary/aromatic N) is 2. The Morgan fingerprint density at radius 3 is 2.68 bits per heavy atom. The van der Waals surface area contributed by atoms with Gasteiger partial charge in [-0.2, -0.15) is 0 Å². The third-order valence-electron chi connectivity index (χ3n) is 2.71. The van der Waals surface area contributed by atoms with Crippen molar-refractivity contribution in [1.82, 2.24) is 9.55 Å². The van der Waals surface area contributed by atoms with E-state index in [1.807, 2.05) is 72.0 Å². The highest BCUT2D eigenvalue weighted by molar-refractivity contribution is 14.1. The molecule has 0 radical (unpaired) electrons. The predicted molar refractivity (Wildman–Crippen MR) is 85.9 cm³/mol. The molecule has 1 aromatic heterocycles. The van der Waals surface area contributed by atoms with Crippen molar-refractivity contribution >= 4 is 28.5 Å². The lowest BCUT2D eigenvalue weighted by Gasteiger charge is -2.10. The molecule has 2 N–H and O–H groups in total. The number of aromatic nitrogens is 2. The summed E-state index contributed by atoms with van der Waals surface area (Å²) < 4.78 is 2.05. The van der Waals surface area contributed by atoms with Gasteiger partial charge in [-0.05, 0) is 29.5 Å². The number of anilines is 1. The second-order valence-electron chi connectivity index (χ2n) is 3.98. The summed E-state index contributed by atoms with van der Waals surface area (Å²) in [7, 11) is 0. The summed E-state index contributed by atoms with van der Waals surface area (Å²) in [6.45, 7) is 2.34. The molecule has 1 heterocycles. The molecule has 0 unspecified atom stereocenters. The number of hydrogen-bond donors (Lipinski definition) is 1. The van der Waals surface area contributed by atoms with Crippen LogP contribution in [0.2, 0.25) is 0 Å². The van der Waals surface area contributed by atoms with E-state index in [9.17, 15) is 4.79 Å². The highest BCUT2D eigenvalue weighted by Crippen LogP contribution is 2.21. The summed E-state index contributed by atoms with van der Waals surface area (Å²) >= 11 is 2.03. The van der Waals surface area contributed by atoms with E-state index in [0.29, 0.717) is 15.8 Å². The maximum atomic E-state index is 12.3. The van der Waals surface area contributed by atoms with Gasteiger partial charge < -0.3 is 5.73 Å². The van der Waals surface area contributed by atoms with Gasteiger partial charge >= 0.3 is 0 Å². The molecular weight excluding hydrogens is 353 g/mol. The Morgan fingerprint density at radius 2 is 2.05 bits per heavy atom. The molecule has 19 heavy (non-hydrogen) atoms. The summed E-state index contributed by atoms with van der Waals surface area (Å²) in [6, 6.07) is 9.58. The Kier molecular flexibility index (Phi) is 4.36. The van der Waals surface area contributed by atoms with E-state index >= 15 is 0 Å². The van der Waals surface area contributed by atoms with Crippen LogP contribution in [0.5, 0.6) is 0 Å². The molecule has 0 spiro atoms. The number of halogens is 1. The van der Waals surface area contributed by atoms with E-state index in [2.05, 4.69) is 4.98 Å². The molecular formula is C14H14IN3O. The molecule has 0 fully saturated rings. The fourth-order valence-corrected chi connectivity index (χ4v) is 2.45. The first-order chi connectivity index (χ1) is 9.15. The SMILES string of the molecule is C/C=C/Cn1c(N)nc(-c2ccccc2)c(I)c1=O. The van der Waals surface area contributed by atoms with Crippen LogP contribution in [-0.2, 0) is 6.54 Å². The molecule has 4 nitrogen and oxygen atoms in total. The third-order valence-corrected chi connectivity index (χ3v) is 3.69. The topological polar surface area (TPSA) is 60.9 Å². The molecule has 0 aliphatic heterocycles. The van der Waals surface area contributed by atoms with Crippen molar-refractivity contribution in [3.63, 3.8) is 0 Å². The van der Waals surface area contributed by atoms with Crippen LogP contribution in [0.25, 0.3) is 11.3 Å². The van der Waals surface area contributed by atoms with Crippen molar-refractivity contribution in [3.05, 3.63) is 56.4 Å². The summed E-state index contributed by atoms with van der Waals surface area (Å²) in [6.07, 6.45) is 3.75. The molecule has 0 aliphatic rings. The quantitative estimate of drug-likeness (QED) is 0.670. The van der Waals surface area contributed by atoms with Crippen LogP contribution in [0.3, 0.4) is 0 Å². The van der Waals surface area contributed by atoms with Gasteiger partial charge in [0.15, 0.2) is 0 Å². The van der Waals surface area contributed by atoms with Gasteiger partial charge in [-0.3, -0.25) is 9.36 Å². The molecule has 1 aromatic carbocycles. The van der Waals surface area contributed by atoms with Gasteiger partial charge in [-0.15, -0.1) is 0 Å². The molecule has 0 amide bonds. The minimum absolute atomic E-state index is 0.106. The lowest BCUT2D eigenvalue weighted by molar-refractivity contribution is 0.765. The molecule has 5 heteroatoms. The molecule has 0 saturated heterocycles. The predicted octanol–water partition coefficient (Wildman–Crippen LogP) is 2.67. The highest BCUT2D eigenvalue weighted by atomic mass is 127. The Bertz CT molecular complexity index is 662. The Labute approximate surface area is 125 Å². The van der Waals surface area contributed by atoms with Crippen LogP contribution in [0.15, 0.2) is 47.3 Å². The van der Waals surface area contributed by atoms with Gasteiger partial charge in [0.05, 0.1) is 5.69 Å². The Morgan fingerprint density at radius 1 is 1.37 bits per heavy atom. The van der Waals surface area contributed by atoms with Gasteiger partial charge in [0.1, 0.15) is 3.57 Å². The smallest absolute Gasteiger partial charge is 0.269 e. The van der Waals surface area contributed by atoms with E-state index in [0.717, 1.165) is 5.56 Å². The van der Waals surface area contributed by atoms with E-state index in [1.165, 1.54) is 4.57 Å². The number of allylic oxidation sites excluding steroid dienone is 2. The number of benzene rings is 1. The Balaban J connectivity index is 2.59. The lowest BCUT2D eigenvalue weighted by Crippen LogP contribution is -2.27. The summed E-state index contributed by atoms with van der Waals surface area (Å²) in [5, 5.41) is 0. The molecule has 98 valence electrons. The number of rotatable bonds is 3. The second kappa shape index (κ2) is 6.01. The third kappa shape index (κ3) is 2.86. The first-order valence-electron chi connectivity index (χ1n) is 5.87. The van der Waals surface area contributed by atoms with Crippen molar-refractivity contribution in [2.45, 2.75) is 13.5 Å². The first-order valence-corrected chi connectivity index (χ1v) is 6.95. The van der Waals surface area contributed by atoms with Crippen molar-refractivity contribution in [1.29, 1.82) is 0 Å². The van der Waals surface area contributed by atoms with Crippen LogP contribution in [0.1, 0.15) is 6.92 Å². The summed E-state index contributed by atoms with van der Waals surface area (Å²) in [5.41, 5.74) is 7.31. The average Bonchev–Trinajstić information content (AvgIpc) is 2.44. The van der Waals surface area contributed by atoms with E-state index < -0.39 is 0 Å². The molecule has 0 aliphatic carbocycles. The van der Waals surface area contributed by atoms with E-state index in [-0.39, 0.29) is 11.5 Å². The minimum Gasteiger partial charge on any atom is -0.369 e. The zero-order chi connectivity index (χ0) is 13.8. The summed E-state index contributed by atoms with van der Waals surface area (Å²) in [4.78, 5) is 16.6. The molecule has 0 bridgehead atoms.